The first-order valence-corrected chi connectivity index (χ1v) is 6.66. The standard InChI is InChI=1S/C14H18N4O/c1-17(10-13-15-7-8-16-13)14(19)12-6-3-9-18(12)11-4-2-5-11/h3,6-9,11H,2,4-5,10H2,1H3,(H,15,16). The largest absolute Gasteiger partial charge is 0.347 e. The van der Waals surface area contributed by atoms with Crippen molar-refractivity contribution in [2.45, 2.75) is 31.8 Å². The minimum atomic E-state index is 0.0494. The Morgan fingerprint density at radius 3 is 3.05 bits per heavy atom. The van der Waals surface area contributed by atoms with Gasteiger partial charge in [0, 0.05) is 31.7 Å². The second-order valence-electron chi connectivity index (χ2n) is 5.08. The van der Waals surface area contributed by atoms with Gasteiger partial charge >= 0.3 is 0 Å². The lowest BCUT2D eigenvalue weighted by Crippen LogP contribution is -2.30. The van der Waals surface area contributed by atoms with Gasteiger partial charge in [-0.05, 0) is 31.4 Å². The molecule has 2 aromatic rings. The highest BCUT2D eigenvalue weighted by atomic mass is 16.2. The number of hydrogen-bond acceptors (Lipinski definition) is 2. The minimum Gasteiger partial charge on any atom is -0.347 e. The lowest BCUT2D eigenvalue weighted by atomic mass is 9.93. The summed E-state index contributed by atoms with van der Waals surface area (Å²) in [6, 6.07) is 4.36. The van der Waals surface area contributed by atoms with Gasteiger partial charge in [0.25, 0.3) is 5.91 Å². The second kappa shape index (κ2) is 4.91. The van der Waals surface area contributed by atoms with Crippen LogP contribution in [0.4, 0.5) is 0 Å². The highest BCUT2D eigenvalue weighted by Crippen LogP contribution is 2.32. The van der Waals surface area contributed by atoms with Gasteiger partial charge in [0.1, 0.15) is 11.5 Å². The van der Waals surface area contributed by atoms with E-state index in [4.69, 9.17) is 0 Å². The zero-order valence-corrected chi connectivity index (χ0v) is 11.0. The van der Waals surface area contributed by atoms with E-state index < -0.39 is 0 Å². The molecule has 0 radical (unpaired) electrons. The molecule has 1 aliphatic rings. The quantitative estimate of drug-likeness (QED) is 0.914. The molecule has 1 fully saturated rings. The molecule has 0 saturated heterocycles. The molecule has 0 bridgehead atoms. The molecule has 0 aliphatic heterocycles. The van der Waals surface area contributed by atoms with Crippen molar-refractivity contribution in [3.05, 3.63) is 42.2 Å². The summed E-state index contributed by atoms with van der Waals surface area (Å²) in [4.78, 5) is 21.3. The zero-order valence-electron chi connectivity index (χ0n) is 11.0. The first kappa shape index (κ1) is 12.0. The molecule has 1 amide bonds. The van der Waals surface area contributed by atoms with Crippen LogP contribution in [0.3, 0.4) is 0 Å². The van der Waals surface area contributed by atoms with Crippen LogP contribution < -0.4 is 0 Å². The zero-order chi connectivity index (χ0) is 13.2. The van der Waals surface area contributed by atoms with Crippen molar-refractivity contribution in [3.63, 3.8) is 0 Å². The number of nitrogens with zero attached hydrogens (tertiary/aromatic N) is 3. The molecule has 1 saturated carbocycles. The van der Waals surface area contributed by atoms with Crippen molar-refractivity contribution in [1.29, 1.82) is 0 Å². The molecule has 0 spiro atoms. The molecule has 19 heavy (non-hydrogen) atoms. The Hall–Kier alpha value is -2.04. The van der Waals surface area contributed by atoms with E-state index >= 15 is 0 Å². The second-order valence-corrected chi connectivity index (χ2v) is 5.08. The van der Waals surface area contributed by atoms with Crippen LogP contribution in [0.5, 0.6) is 0 Å². The molecular formula is C14H18N4O. The number of nitrogens with one attached hydrogen (secondary N) is 1. The van der Waals surface area contributed by atoms with E-state index in [1.54, 1.807) is 17.3 Å². The normalized spacial score (nSPS) is 15.2. The van der Waals surface area contributed by atoms with Crippen molar-refractivity contribution < 1.29 is 4.79 Å². The molecule has 3 rings (SSSR count). The van der Waals surface area contributed by atoms with E-state index in [1.807, 2.05) is 25.4 Å². The van der Waals surface area contributed by atoms with Crippen LogP contribution in [0.25, 0.3) is 0 Å². The summed E-state index contributed by atoms with van der Waals surface area (Å²) in [6.45, 7) is 0.502. The average Bonchev–Trinajstić information content (AvgIpc) is 2.97. The number of rotatable bonds is 4. The van der Waals surface area contributed by atoms with Gasteiger partial charge in [-0.25, -0.2) is 4.98 Å². The topological polar surface area (TPSA) is 53.9 Å². The summed E-state index contributed by atoms with van der Waals surface area (Å²) in [7, 11) is 1.81. The molecule has 1 aliphatic carbocycles. The Morgan fingerprint density at radius 2 is 2.42 bits per heavy atom. The van der Waals surface area contributed by atoms with Crippen molar-refractivity contribution in [2.75, 3.05) is 7.05 Å². The third-order valence-corrected chi connectivity index (χ3v) is 3.75. The Balaban J connectivity index is 1.74. The highest BCUT2D eigenvalue weighted by molar-refractivity contribution is 5.92. The number of carbonyl (C=O) groups excluding carboxylic acids is 1. The van der Waals surface area contributed by atoms with Gasteiger partial charge in [0.05, 0.1) is 6.54 Å². The van der Waals surface area contributed by atoms with Crippen LogP contribution in [0, 0.1) is 0 Å². The molecular weight excluding hydrogens is 240 g/mol. The average molecular weight is 258 g/mol. The van der Waals surface area contributed by atoms with Gasteiger partial charge in [-0.3, -0.25) is 4.79 Å². The summed E-state index contributed by atoms with van der Waals surface area (Å²) in [6.07, 6.45) is 9.10. The minimum absolute atomic E-state index is 0.0494. The lowest BCUT2D eigenvalue weighted by molar-refractivity contribution is 0.0765. The number of H-pyrrole nitrogens is 1. The monoisotopic (exact) mass is 258 g/mol. The number of amides is 1. The van der Waals surface area contributed by atoms with E-state index in [2.05, 4.69) is 14.5 Å². The van der Waals surface area contributed by atoms with E-state index in [0.29, 0.717) is 12.6 Å². The van der Waals surface area contributed by atoms with Gasteiger partial charge in [-0.2, -0.15) is 0 Å². The Kier molecular flexibility index (Phi) is 3.11. The fraction of sp³-hybridized carbons (Fsp3) is 0.429. The van der Waals surface area contributed by atoms with Crippen LogP contribution in [0.15, 0.2) is 30.7 Å². The Labute approximate surface area is 112 Å². The van der Waals surface area contributed by atoms with Crippen LogP contribution in [-0.2, 0) is 6.54 Å². The van der Waals surface area contributed by atoms with Crippen LogP contribution in [0.2, 0.25) is 0 Å². The molecule has 1 N–H and O–H groups in total. The number of imidazole rings is 1. The summed E-state index contributed by atoms with van der Waals surface area (Å²) in [5.41, 5.74) is 0.777. The maximum absolute atomic E-state index is 12.5. The van der Waals surface area contributed by atoms with Gasteiger partial charge in [-0.15, -0.1) is 0 Å². The number of carbonyl (C=O) groups is 1. The molecule has 5 nitrogen and oxygen atoms in total. The smallest absolute Gasteiger partial charge is 0.270 e. The Bertz CT molecular complexity index is 554. The predicted molar refractivity (Wildman–Crippen MR) is 71.7 cm³/mol. The number of aromatic nitrogens is 3. The molecule has 2 aromatic heterocycles. The van der Waals surface area contributed by atoms with Crippen molar-refractivity contribution in [2.24, 2.45) is 0 Å². The van der Waals surface area contributed by atoms with E-state index in [9.17, 15) is 4.79 Å². The van der Waals surface area contributed by atoms with Crippen LogP contribution >= 0.6 is 0 Å². The van der Waals surface area contributed by atoms with Crippen LogP contribution in [0.1, 0.15) is 41.6 Å². The summed E-state index contributed by atoms with van der Waals surface area (Å²) < 4.78 is 2.12. The van der Waals surface area contributed by atoms with Crippen molar-refractivity contribution >= 4 is 5.91 Å². The number of aromatic amines is 1. The van der Waals surface area contributed by atoms with Gasteiger partial charge in [0.15, 0.2) is 0 Å². The maximum Gasteiger partial charge on any atom is 0.270 e. The van der Waals surface area contributed by atoms with Gasteiger partial charge < -0.3 is 14.5 Å². The third kappa shape index (κ3) is 2.28. The fourth-order valence-corrected chi connectivity index (χ4v) is 2.43. The summed E-state index contributed by atoms with van der Waals surface area (Å²) >= 11 is 0. The number of hydrogen-bond donors (Lipinski definition) is 1. The summed E-state index contributed by atoms with van der Waals surface area (Å²) in [5.74, 6) is 0.853. The van der Waals surface area contributed by atoms with Crippen LogP contribution in [-0.4, -0.2) is 32.4 Å². The first-order valence-electron chi connectivity index (χ1n) is 6.66. The third-order valence-electron chi connectivity index (χ3n) is 3.75. The Morgan fingerprint density at radius 1 is 1.58 bits per heavy atom. The first-order chi connectivity index (χ1) is 9.25. The molecule has 0 aromatic carbocycles. The van der Waals surface area contributed by atoms with E-state index in [1.165, 1.54) is 19.3 Å². The van der Waals surface area contributed by atoms with E-state index in [-0.39, 0.29) is 5.91 Å². The maximum atomic E-state index is 12.5. The molecule has 0 unspecified atom stereocenters. The molecule has 2 heterocycles. The molecule has 5 heteroatoms. The SMILES string of the molecule is CN(Cc1ncc[nH]1)C(=O)c1cccn1C1CCC1. The van der Waals surface area contributed by atoms with Gasteiger partial charge in [0.2, 0.25) is 0 Å². The highest BCUT2D eigenvalue weighted by Gasteiger charge is 2.24. The predicted octanol–water partition coefficient (Wildman–Crippen LogP) is 2.21. The van der Waals surface area contributed by atoms with Gasteiger partial charge in [-0.1, -0.05) is 0 Å². The van der Waals surface area contributed by atoms with Crippen molar-refractivity contribution in [1.82, 2.24) is 19.4 Å². The summed E-state index contributed by atoms with van der Waals surface area (Å²) in [5, 5.41) is 0. The molecule has 0 atom stereocenters. The van der Waals surface area contributed by atoms with E-state index in [0.717, 1.165) is 11.5 Å². The molecule has 100 valence electrons. The lowest BCUT2D eigenvalue weighted by Gasteiger charge is -2.29. The fourth-order valence-electron chi connectivity index (χ4n) is 2.43. The van der Waals surface area contributed by atoms with Crippen molar-refractivity contribution in [3.8, 4) is 0 Å².